The first-order chi connectivity index (χ1) is 12.0. The fraction of sp³-hybridized carbons (Fsp3) is 0.632. The lowest BCUT2D eigenvalue weighted by Crippen LogP contribution is -2.43. The average molecular weight is 362 g/mol. The third-order valence-corrected chi connectivity index (χ3v) is 8.20. The molecule has 6 heteroatoms. The van der Waals surface area contributed by atoms with Crippen LogP contribution in [0.4, 0.5) is 5.69 Å². The van der Waals surface area contributed by atoms with E-state index in [4.69, 9.17) is 0 Å². The number of nitrogens with one attached hydrogen (secondary N) is 1. The maximum atomic E-state index is 13.0. The first-order valence-corrected chi connectivity index (χ1v) is 10.9. The van der Waals surface area contributed by atoms with Crippen molar-refractivity contribution < 1.29 is 13.2 Å². The van der Waals surface area contributed by atoms with Gasteiger partial charge < -0.3 is 5.32 Å². The lowest BCUT2D eigenvalue weighted by atomic mass is 9.68. The van der Waals surface area contributed by atoms with E-state index in [-0.39, 0.29) is 5.91 Å². The normalized spacial score (nSPS) is 23.9. The Morgan fingerprint density at radius 3 is 2.40 bits per heavy atom. The van der Waals surface area contributed by atoms with Crippen LogP contribution in [0.5, 0.6) is 0 Å². The fourth-order valence-corrected chi connectivity index (χ4v) is 6.16. The lowest BCUT2D eigenvalue weighted by molar-refractivity contribution is -0.116. The van der Waals surface area contributed by atoms with E-state index in [9.17, 15) is 13.2 Å². The highest BCUT2D eigenvalue weighted by molar-refractivity contribution is 7.89. The number of fused-ring (bicyclic) bond motifs is 1. The van der Waals surface area contributed by atoms with Gasteiger partial charge >= 0.3 is 0 Å². The molecule has 4 rings (SSSR count). The van der Waals surface area contributed by atoms with Crippen molar-refractivity contribution >= 4 is 21.6 Å². The monoisotopic (exact) mass is 362 g/mol. The largest absolute Gasteiger partial charge is 0.326 e. The van der Waals surface area contributed by atoms with Crippen molar-refractivity contribution in [3.05, 3.63) is 23.8 Å². The van der Waals surface area contributed by atoms with Crippen LogP contribution in [0, 0.1) is 5.41 Å². The number of piperidine rings is 1. The van der Waals surface area contributed by atoms with Gasteiger partial charge in [0.15, 0.2) is 0 Å². The number of hydrogen-bond acceptors (Lipinski definition) is 3. The Morgan fingerprint density at radius 2 is 1.68 bits per heavy atom. The van der Waals surface area contributed by atoms with Crippen LogP contribution in [-0.2, 0) is 21.2 Å². The molecule has 0 unspecified atom stereocenters. The summed E-state index contributed by atoms with van der Waals surface area (Å²) >= 11 is 0. The van der Waals surface area contributed by atoms with Crippen molar-refractivity contribution in [3.8, 4) is 0 Å². The smallest absolute Gasteiger partial charge is 0.243 e. The minimum Gasteiger partial charge on any atom is -0.326 e. The number of benzene rings is 1. The van der Waals surface area contributed by atoms with Crippen LogP contribution in [0.15, 0.2) is 23.1 Å². The van der Waals surface area contributed by atoms with E-state index >= 15 is 0 Å². The van der Waals surface area contributed by atoms with Gasteiger partial charge in [0.2, 0.25) is 15.9 Å². The van der Waals surface area contributed by atoms with Crippen molar-refractivity contribution in [2.45, 2.75) is 62.7 Å². The van der Waals surface area contributed by atoms with Crippen LogP contribution >= 0.6 is 0 Å². The Hall–Kier alpha value is -1.40. The SMILES string of the molecule is O=C1CCc2cc(S(=O)(=O)N3CCC4(CCCCC4)CC3)ccc2N1. The molecule has 0 radical (unpaired) electrons. The first-order valence-electron chi connectivity index (χ1n) is 9.42. The van der Waals surface area contributed by atoms with Crippen LogP contribution in [0.25, 0.3) is 0 Å². The summed E-state index contributed by atoms with van der Waals surface area (Å²) in [5, 5.41) is 2.81. The molecule has 1 N–H and O–H groups in total. The number of sulfonamides is 1. The molecule has 1 saturated heterocycles. The highest BCUT2D eigenvalue weighted by Gasteiger charge is 2.39. The lowest BCUT2D eigenvalue weighted by Gasteiger charge is -2.43. The van der Waals surface area contributed by atoms with Gasteiger partial charge in [-0.2, -0.15) is 4.31 Å². The number of anilines is 1. The minimum atomic E-state index is -3.44. The number of amides is 1. The Morgan fingerprint density at radius 1 is 0.960 bits per heavy atom. The van der Waals surface area contributed by atoms with Gasteiger partial charge in [0.25, 0.3) is 0 Å². The maximum Gasteiger partial charge on any atom is 0.243 e. The number of rotatable bonds is 2. The summed E-state index contributed by atoms with van der Waals surface area (Å²) in [7, 11) is -3.44. The van der Waals surface area contributed by atoms with Gasteiger partial charge in [0.05, 0.1) is 4.90 Å². The minimum absolute atomic E-state index is 0.00285. The Labute approximate surface area is 149 Å². The van der Waals surface area contributed by atoms with Crippen molar-refractivity contribution in [1.29, 1.82) is 0 Å². The third kappa shape index (κ3) is 3.22. The molecule has 1 aliphatic carbocycles. The average Bonchev–Trinajstić information content (AvgIpc) is 2.62. The van der Waals surface area contributed by atoms with Crippen molar-refractivity contribution in [1.82, 2.24) is 4.31 Å². The van der Waals surface area contributed by atoms with Gasteiger partial charge in [-0.05, 0) is 61.3 Å². The molecule has 5 nitrogen and oxygen atoms in total. The zero-order chi connectivity index (χ0) is 17.5. The molecule has 136 valence electrons. The Balaban J connectivity index is 1.51. The van der Waals surface area contributed by atoms with Gasteiger partial charge in [-0.1, -0.05) is 19.3 Å². The van der Waals surface area contributed by atoms with E-state index in [0.717, 1.165) is 24.1 Å². The molecule has 2 aliphatic heterocycles. The summed E-state index contributed by atoms with van der Waals surface area (Å²) < 4.78 is 27.8. The summed E-state index contributed by atoms with van der Waals surface area (Å²) in [6, 6.07) is 5.10. The number of aryl methyl sites for hydroxylation is 1. The number of nitrogens with zero attached hydrogens (tertiary/aromatic N) is 1. The Bertz CT molecular complexity index is 772. The van der Waals surface area contributed by atoms with Crippen LogP contribution in [-0.4, -0.2) is 31.7 Å². The second kappa shape index (κ2) is 6.40. The van der Waals surface area contributed by atoms with Crippen molar-refractivity contribution in [3.63, 3.8) is 0 Å². The van der Waals surface area contributed by atoms with E-state index in [0.29, 0.717) is 36.2 Å². The summed E-state index contributed by atoms with van der Waals surface area (Å²) in [5.74, 6) is -0.00285. The number of carbonyl (C=O) groups excluding carboxylic acids is 1. The summed E-state index contributed by atoms with van der Waals surface area (Å²) in [5.41, 5.74) is 2.06. The molecule has 1 aromatic rings. The van der Waals surface area contributed by atoms with Crippen LogP contribution in [0.3, 0.4) is 0 Å². The molecule has 1 saturated carbocycles. The van der Waals surface area contributed by atoms with Gasteiger partial charge in [0.1, 0.15) is 0 Å². The number of hydrogen-bond donors (Lipinski definition) is 1. The first kappa shape index (κ1) is 17.0. The van der Waals surface area contributed by atoms with Crippen LogP contribution in [0.2, 0.25) is 0 Å². The number of carbonyl (C=O) groups is 1. The molecule has 1 aromatic carbocycles. The standard InChI is InChI=1S/C19H26N2O3S/c22-18-7-4-15-14-16(5-6-17(15)20-18)25(23,24)21-12-10-19(11-13-21)8-2-1-3-9-19/h5-6,14H,1-4,7-13H2,(H,20,22). The van der Waals surface area contributed by atoms with Crippen LogP contribution < -0.4 is 5.32 Å². The molecule has 1 spiro atoms. The van der Waals surface area contributed by atoms with E-state index in [1.807, 2.05) is 0 Å². The molecule has 0 atom stereocenters. The van der Waals surface area contributed by atoms with Crippen LogP contribution in [0.1, 0.15) is 56.9 Å². The topological polar surface area (TPSA) is 66.5 Å². The zero-order valence-corrected chi connectivity index (χ0v) is 15.4. The van der Waals surface area contributed by atoms with Gasteiger partial charge in [-0.3, -0.25) is 4.79 Å². The highest BCUT2D eigenvalue weighted by atomic mass is 32.2. The predicted molar refractivity (Wildman–Crippen MR) is 96.9 cm³/mol. The third-order valence-electron chi connectivity index (χ3n) is 6.31. The van der Waals surface area contributed by atoms with Gasteiger partial charge in [-0.25, -0.2) is 8.42 Å². The summed E-state index contributed by atoms with van der Waals surface area (Å²) in [4.78, 5) is 11.8. The predicted octanol–water partition coefficient (Wildman–Crippen LogP) is 3.31. The molecular formula is C19H26N2O3S. The molecule has 1 amide bonds. The molecule has 0 aromatic heterocycles. The molecule has 0 bridgehead atoms. The van der Waals surface area contributed by atoms with E-state index in [2.05, 4.69) is 5.32 Å². The molecule has 25 heavy (non-hydrogen) atoms. The zero-order valence-electron chi connectivity index (χ0n) is 14.6. The van der Waals surface area contributed by atoms with E-state index < -0.39 is 10.0 Å². The maximum absolute atomic E-state index is 13.0. The van der Waals surface area contributed by atoms with Gasteiger partial charge in [0, 0.05) is 25.2 Å². The molecule has 2 heterocycles. The molecular weight excluding hydrogens is 336 g/mol. The molecule has 3 aliphatic rings. The second-order valence-electron chi connectivity index (χ2n) is 7.83. The highest BCUT2D eigenvalue weighted by Crippen LogP contribution is 2.45. The fourth-order valence-electron chi connectivity index (χ4n) is 4.67. The van der Waals surface area contributed by atoms with Crippen molar-refractivity contribution in [2.24, 2.45) is 5.41 Å². The molecule has 2 fully saturated rings. The van der Waals surface area contributed by atoms with E-state index in [1.54, 1.807) is 22.5 Å². The second-order valence-corrected chi connectivity index (χ2v) is 9.77. The quantitative estimate of drug-likeness (QED) is 0.878. The van der Waals surface area contributed by atoms with Gasteiger partial charge in [-0.15, -0.1) is 0 Å². The Kier molecular flexibility index (Phi) is 4.36. The van der Waals surface area contributed by atoms with Crippen molar-refractivity contribution in [2.75, 3.05) is 18.4 Å². The summed E-state index contributed by atoms with van der Waals surface area (Å²) in [6.45, 7) is 1.27. The summed E-state index contributed by atoms with van der Waals surface area (Å²) in [6.07, 6.45) is 9.46. The van der Waals surface area contributed by atoms with E-state index in [1.165, 1.54) is 32.1 Å².